The molecular formula is C15H23ClN2O3. The van der Waals surface area contributed by atoms with E-state index in [1.807, 2.05) is 25.7 Å². The highest BCUT2D eigenvalue weighted by Gasteiger charge is 2.15. The maximum Gasteiger partial charge on any atom is 0.234 e. The monoisotopic (exact) mass is 314 g/mol. The summed E-state index contributed by atoms with van der Waals surface area (Å²) >= 11 is 6.01. The number of carbonyl (C=O) groups excluding carboxylic acids is 1. The van der Waals surface area contributed by atoms with Gasteiger partial charge in [0.1, 0.15) is 0 Å². The van der Waals surface area contributed by atoms with E-state index in [1.165, 1.54) is 7.11 Å². The maximum absolute atomic E-state index is 11.8. The van der Waals surface area contributed by atoms with Crippen LogP contribution in [0.15, 0.2) is 12.1 Å². The summed E-state index contributed by atoms with van der Waals surface area (Å²) in [5.74, 6) is 0.352. The summed E-state index contributed by atoms with van der Waals surface area (Å²) in [5.41, 5.74) is 0.638. The number of phenols is 1. The summed E-state index contributed by atoms with van der Waals surface area (Å²) in [6.07, 6.45) is 0. The fourth-order valence-corrected chi connectivity index (χ4v) is 2.23. The molecule has 1 amide bonds. The van der Waals surface area contributed by atoms with Gasteiger partial charge < -0.3 is 15.2 Å². The van der Waals surface area contributed by atoms with Crippen molar-refractivity contribution in [2.45, 2.75) is 33.4 Å². The molecule has 118 valence electrons. The standard InChI is InChI=1S/C15H23ClN2O3/c1-5-18(9-14(19)17-10(2)3)8-11-6-12(16)7-13(21-4)15(11)20/h6-7,10,20H,5,8-9H2,1-4H3,(H,17,19). The van der Waals surface area contributed by atoms with Gasteiger partial charge in [0.25, 0.3) is 0 Å². The minimum Gasteiger partial charge on any atom is -0.504 e. The van der Waals surface area contributed by atoms with Crippen LogP contribution >= 0.6 is 11.6 Å². The second kappa shape index (κ2) is 8.10. The van der Waals surface area contributed by atoms with Gasteiger partial charge in [-0.3, -0.25) is 9.69 Å². The smallest absolute Gasteiger partial charge is 0.234 e. The number of aromatic hydroxyl groups is 1. The Morgan fingerprint density at radius 1 is 1.48 bits per heavy atom. The van der Waals surface area contributed by atoms with Crippen LogP contribution in [0.3, 0.4) is 0 Å². The molecule has 0 aliphatic heterocycles. The van der Waals surface area contributed by atoms with E-state index in [9.17, 15) is 9.90 Å². The van der Waals surface area contributed by atoms with E-state index in [0.717, 1.165) is 0 Å². The van der Waals surface area contributed by atoms with Crippen LogP contribution in [0.2, 0.25) is 5.02 Å². The molecule has 0 aliphatic rings. The first-order valence-electron chi connectivity index (χ1n) is 6.94. The fourth-order valence-electron chi connectivity index (χ4n) is 2.00. The van der Waals surface area contributed by atoms with Gasteiger partial charge in [-0.05, 0) is 26.5 Å². The average molecular weight is 315 g/mol. The highest BCUT2D eigenvalue weighted by atomic mass is 35.5. The quantitative estimate of drug-likeness (QED) is 0.811. The van der Waals surface area contributed by atoms with Crippen LogP contribution in [0.4, 0.5) is 0 Å². The number of benzene rings is 1. The molecule has 0 heterocycles. The highest BCUT2D eigenvalue weighted by Crippen LogP contribution is 2.34. The number of nitrogens with zero attached hydrogens (tertiary/aromatic N) is 1. The molecule has 0 aliphatic carbocycles. The summed E-state index contributed by atoms with van der Waals surface area (Å²) in [6.45, 7) is 7.17. The normalized spacial score (nSPS) is 11.0. The van der Waals surface area contributed by atoms with E-state index < -0.39 is 0 Å². The maximum atomic E-state index is 11.8. The number of halogens is 1. The molecule has 0 atom stereocenters. The lowest BCUT2D eigenvalue weighted by Gasteiger charge is -2.22. The number of hydrogen-bond donors (Lipinski definition) is 2. The van der Waals surface area contributed by atoms with Gasteiger partial charge in [0.2, 0.25) is 5.91 Å². The van der Waals surface area contributed by atoms with Gasteiger partial charge in [-0.15, -0.1) is 0 Å². The molecule has 21 heavy (non-hydrogen) atoms. The van der Waals surface area contributed by atoms with Gasteiger partial charge in [0.05, 0.1) is 13.7 Å². The third-order valence-corrected chi connectivity index (χ3v) is 3.21. The molecular weight excluding hydrogens is 292 g/mol. The Hall–Kier alpha value is -1.46. The van der Waals surface area contributed by atoms with Crippen molar-refractivity contribution in [3.63, 3.8) is 0 Å². The van der Waals surface area contributed by atoms with E-state index in [-0.39, 0.29) is 24.2 Å². The summed E-state index contributed by atoms with van der Waals surface area (Å²) in [4.78, 5) is 13.7. The SMILES string of the molecule is CCN(CC(=O)NC(C)C)Cc1cc(Cl)cc(OC)c1O. The van der Waals surface area contributed by atoms with Crippen molar-refractivity contribution in [3.8, 4) is 11.5 Å². The first-order chi connectivity index (χ1) is 9.87. The zero-order valence-corrected chi connectivity index (χ0v) is 13.7. The van der Waals surface area contributed by atoms with Crippen molar-refractivity contribution in [1.82, 2.24) is 10.2 Å². The Morgan fingerprint density at radius 3 is 2.67 bits per heavy atom. The van der Waals surface area contributed by atoms with Crippen molar-refractivity contribution in [2.24, 2.45) is 0 Å². The number of hydrogen-bond acceptors (Lipinski definition) is 4. The number of likely N-dealkylation sites (N-methyl/N-ethyl adjacent to an activating group) is 1. The van der Waals surface area contributed by atoms with Crippen LogP contribution < -0.4 is 10.1 Å². The zero-order valence-electron chi connectivity index (χ0n) is 12.9. The minimum atomic E-state index is -0.0414. The summed E-state index contributed by atoms with van der Waals surface area (Å²) in [7, 11) is 1.48. The van der Waals surface area contributed by atoms with Crippen LogP contribution in [-0.2, 0) is 11.3 Å². The lowest BCUT2D eigenvalue weighted by molar-refractivity contribution is -0.122. The van der Waals surface area contributed by atoms with Gasteiger partial charge in [-0.25, -0.2) is 0 Å². The van der Waals surface area contributed by atoms with Crippen LogP contribution in [0.5, 0.6) is 11.5 Å². The number of amides is 1. The Balaban J connectivity index is 2.82. The number of phenolic OH excluding ortho intramolecular Hbond substituents is 1. The molecule has 0 radical (unpaired) electrons. The zero-order chi connectivity index (χ0) is 16.0. The lowest BCUT2D eigenvalue weighted by Crippen LogP contribution is -2.39. The van der Waals surface area contributed by atoms with Gasteiger partial charge in [-0.1, -0.05) is 18.5 Å². The molecule has 0 fully saturated rings. The summed E-state index contributed by atoms with van der Waals surface area (Å²) < 4.78 is 5.08. The first-order valence-corrected chi connectivity index (χ1v) is 7.32. The summed E-state index contributed by atoms with van der Waals surface area (Å²) in [5, 5.41) is 13.5. The number of nitrogens with one attached hydrogen (secondary N) is 1. The number of methoxy groups -OCH3 is 1. The van der Waals surface area contributed by atoms with Gasteiger partial charge in [0, 0.05) is 29.2 Å². The second-order valence-electron chi connectivity index (χ2n) is 5.14. The number of carbonyl (C=O) groups is 1. The summed E-state index contributed by atoms with van der Waals surface area (Å²) in [6, 6.07) is 3.35. The van der Waals surface area contributed by atoms with Crippen molar-refractivity contribution < 1.29 is 14.6 Å². The molecule has 1 aromatic rings. The van der Waals surface area contributed by atoms with E-state index in [4.69, 9.17) is 16.3 Å². The molecule has 0 unspecified atom stereocenters. The average Bonchev–Trinajstić information content (AvgIpc) is 2.40. The fraction of sp³-hybridized carbons (Fsp3) is 0.533. The van der Waals surface area contributed by atoms with E-state index >= 15 is 0 Å². The molecule has 2 N–H and O–H groups in total. The molecule has 5 nitrogen and oxygen atoms in total. The molecule has 0 saturated carbocycles. The van der Waals surface area contributed by atoms with Gasteiger partial charge in [-0.2, -0.15) is 0 Å². The van der Waals surface area contributed by atoms with Gasteiger partial charge >= 0.3 is 0 Å². The predicted molar refractivity (Wildman–Crippen MR) is 83.9 cm³/mol. The van der Waals surface area contributed by atoms with Crippen LogP contribution in [0.25, 0.3) is 0 Å². The van der Waals surface area contributed by atoms with Crippen LogP contribution in [0.1, 0.15) is 26.3 Å². The molecule has 6 heteroatoms. The van der Waals surface area contributed by atoms with Crippen LogP contribution in [0, 0.1) is 0 Å². The van der Waals surface area contributed by atoms with E-state index in [1.54, 1.807) is 12.1 Å². The third kappa shape index (κ3) is 5.44. The van der Waals surface area contributed by atoms with Crippen molar-refractivity contribution in [2.75, 3.05) is 20.2 Å². The number of ether oxygens (including phenoxy) is 1. The number of rotatable bonds is 7. The van der Waals surface area contributed by atoms with Crippen molar-refractivity contribution in [1.29, 1.82) is 0 Å². The molecule has 1 rings (SSSR count). The third-order valence-electron chi connectivity index (χ3n) is 3.00. The first kappa shape index (κ1) is 17.6. The van der Waals surface area contributed by atoms with Crippen molar-refractivity contribution >= 4 is 17.5 Å². The molecule has 0 spiro atoms. The Kier molecular flexibility index (Phi) is 6.78. The minimum absolute atomic E-state index is 0.0414. The topological polar surface area (TPSA) is 61.8 Å². The second-order valence-corrected chi connectivity index (χ2v) is 5.58. The van der Waals surface area contributed by atoms with Crippen molar-refractivity contribution in [3.05, 3.63) is 22.7 Å². The Morgan fingerprint density at radius 2 is 2.14 bits per heavy atom. The van der Waals surface area contributed by atoms with Gasteiger partial charge in [0.15, 0.2) is 11.5 Å². The largest absolute Gasteiger partial charge is 0.504 e. The molecule has 0 bridgehead atoms. The van der Waals surface area contributed by atoms with E-state index in [0.29, 0.717) is 29.4 Å². The lowest BCUT2D eigenvalue weighted by atomic mass is 10.1. The van der Waals surface area contributed by atoms with E-state index in [2.05, 4.69) is 5.32 Å². The molecule has 1 aromatic carbocycles. The Labute approximate surface area is 130 Å². The molecule has 0 saturated heterocycles. The highest BCUT2D eigenvalue weighted by molar-refractivity contribution is 6.30. The molecule has 0 aromatic heterocycles. The van der Waals surface area contributed by atoms with Crippen LogP contribution in [-0.4, -0.2) is 42.2 Å². The Bertz CT molecular complexity index is 492. The predicted octanol–water partition coefficient (Wildman–Crippen LogP) is 2.40.